The van der Waals surface area contributed by atoms with Gasteiger partial charge in [-0.25, -0.2) is 4.39 Å². The van der Waals surface area contributed by atoms with Crippen LogP contribution in [0.2, 0.25) is 0 Å². The number of rotatable bonds is 2. The third-order valence-corrected chi connectivity index (χ3v) is 3.58. The largest absolute Gasteiger partial charge is 0.461 e. The van der Waals surface area contributed by atoms with Gasteiger partial charge in [-0.2, -0.15) is 0 Å². The third kappa shape index (κ3) is 2.83. The molecule has 4 nitrogen and oxygen atoms in total. The monoisotopic (exact) mass is 289 g/mol. The molecular weight excluding hydrogens is 273 g/mol. The second kappa shape index (κ2) is 5.69. The number of carbonyl (C=O) groups excluding carboxylic acids is 1. The van der Waals surface area contributed by atoms with Crippen LogP contribution in [0.15, 0.2) is 34.7 Å². The molecule has 0 saturated carbocycles. The molecule has 5 heteroatoms. The van der Waals surface area contributed by atoms with Crippen molar-refractivity contribution in [1.29, 1.82) is 0 Å². The smallest absolute Gasteiger partial charge is 0.257 e. The Morgan fingerprint density at radius 1 is 1.19 bits per heavy atom. The van der Waals surface area contributed by atoms with Crippen LogP contribution in [0.3, 0.4) is 0 Å². The van der Waals surface area contributed by atoms with Crippen molar-refractivity contribution in [2.24, 2.45) is 0 Å². The molecular formula is C16H16FNO3. The number of nitrogens with zero attached hydrogens (tertiary/aromatic N) is 1. The molecule has 0 N–H and O–H groups in total. The number of carbonyl (C=O) groups is 1. The zero-order valence-electron chi connectivity index (χ0n) is 11.8. The predicted octanol–water partition coefficient (Wildman–Crippen LogP) is 2.87. The van der Waals surface area contributed by atoms with Crippen LogP contribution in [0, 0.1) is 12.7 Å². The van der Waals surface area contributed by atoms with E-state index in [2.05, 4.69) is 0 Å². The molecule has 0 bridgehead atoms. The summed E-state index contributed by atoms with van der Waals surface area (Å²) in [7, 11) is 0. The van der Waals surface area contributed by atoms with Gasteiger partial charge in [0, 0.05) is 18.7 Å². The first-order valence-corrected chi connectivity index (χ1v) is 6.88. The average Bonchev–Trinajstić information content (AvgIpc) is 2.90. The van der Waals surface area contributed by atoms with Gasteiger partial charge in [0.15, 0.2) is 0 Å². The molecule has 0 radical (unpaired) electrons. The van der Waals surface area contributed by atoms with Crippen molar-refractivity contribution in [3.63, 3.8) is 0 Å². The topological polar surface area (TPSA) is 42.7 Å². The van der Waals surface area contributed by atoms with Gasteiger partial charge in [0.2, 0.25) is 0 Å². The summed E-state index contributed by atoms with van der Waals surface area (Å²) in [5.74, 6) is 0.800. The lowest BCUT2D eigenvalue weighted by Crippen LogP contribution is -2.40. The van der Waals surface area contributed by atoms with E-state index in [1.165, 1.54) is 12.1 Å². The van der Waals surface area contributed by atoms with Crippen LogP contribution in [-0.2, 0) is 4.74 Å². The van der Waals surface area contributed by atoms with E-state index in [1.807, 2.05) is 0 Å². The number of hydrogen-bond donors (Lipinski definition) is 0. The zero-order chi connectivity index (χ0) is 14.8. The van der Waals surface area contributed by atoms with Crippen molar-refractivity contribution in [3.8, 4) is 11.3 Å². The Hall–Kier alpha value is -2.14. The van der Waals surface area contributed by atoms with E-state index in [9.17, 15) is 9.18 Å². The van der Waals surface area contributed by atoms with E-state index in [0.717, 1.165) is 5.56 Å². The average molecular weight is 289 g/mol. The number of hydrogen-bond acceptors (Lipinski definition) is 3. The quantitative estimate of drug-likeness (QED) is 0.853. The van der Waals surface area contributed by atoms with Crippen LogP contribution in [-0.4, -0.2) is 37.1 Å². The molecule has 1 saturated heterocycles. The fraction of sp³-hybridized carbons (Fsp3) is 0.312. The summed E-state index contributed by atoms with van der Waals surface area (Å²) < 4.78 is 23.9. The van der Waals surface area contributed by atoms with Gasteiger partial charge in [-0.3, -0.25) is 4.79 Å². The van der Waals surface area contributed by atoms with Gasteiger partial charge in [0.05, 0.1) is 18.8 Å². The maximum atomic E-state index is 13.0. The second-order valence-corrected chi connectivity index (χ2v) is 4.99. The number of aryl methyl sites for hydroxylation is 1. The standard InChI is InChI=1S/C16H16FNO3/c1-11-14(16(19)18-6-8-20-9-7-18)10-15(21-11)12-2-4-13(17)5-3-12/h2-5,10H,6-9H2,1H3. The van der Waals surface area contributed by atoms with Crippen LogP contribution in [0.25, 0.3) is 11.3 Å². The SMILES string of the molecule is Cc1oc(-c2ccc(F)cc2)cc1C(=O)N1CCOCC1. The molecule has 2 aromatic rings. The van der Waals surface area contributed by atoms with Crippen molar-refractivity contribution in [2.75, 3.05) is 26.3 Å². The molecule has 0 atom stereocenters. The van der Waals surface area contributed by atoms with Crippen molar-refractivity contribution in [3.05, 3.63) is 47.5 Å². The summed E-state index contributed by atoms with van der Waals surface area (Å²) in [5.41, 5.74) is 1.30. The van der Waals surface area contributed by atoms with Crippen molar-refractivity contribution in [2.45, 2.75) is 6.92 Å². The Morgan fingerprint density at radius 2 is 1.86 bits per heavy atom. The van der Waals surface area contributed by atoms with Gasteiger partial charge in [-0.05, 0) is 37.3 Å². The molecule has 1 aromatic carbocycles. The molecule has 0 unspecified atom stereocenters. The molecule has 2 heterocycles. The van der Waals surface area contributed by atoms with Gasteiger partial charge >= 0.3 is 0 Å². The molecule has 0 spiro atoms. The van der Waals surface area contributed by atoms with Crippen LogP contribution < -0.4 is 0 Å². The predicted molar refractivity (Wildman–Crippen MR) is 75.6 cm³/mol. The molecule has 110 valence electrons. The Kier molecular flexibility index (Phi) is 3.75. The fourth-order valence-corrected chi connectivity index (χ4v) is 2.39. The highest BCUT2D eigenvalue weighted by Gasteiger charge is 2.23. The summed E-state index contributed by atoms with van der Waals surface area (Å²) in [6.45, 7) is 4.08. The Balaban J connectivity index is 1.87. The third-order valence-electron chi connectivity index (χ3n) is 3.58. The van der Waals surface area contributed by atoms with Crippen LogP contribution in [0.5, 0.6) is 0 Å². The van der Waals surface area contributed by atoms with E-state index in [1.54, 1.807) is 30.0 Å². The summed E-state index contributed by atoms with van der Waals surface area (Å²) in [4.78, 5) is 14.2. The van der Waals surface area contributed by atoms with Gasteiger partial charge in [-0.1, -0.05) is 0 Å². The number of ether oxygens (including phenoxy) is 1. The lowest BCUT2D eigenvalue weighted by Gasteiger charge is -2.26. The van der Waals surface area contributed by atoms with Crippen molar-refractivity contribution >= 4 is 5.91 Å². The minimum atomic E-state index is -0.299. The number of halogens is 1. The van der Waals surface area contributed by atoms with Crippen LogP contribution in [0.4, 0.5) is 4.39 Å². The minimum absolute atomic E-state index is 0.0482. The molecule has 21 heavy (non-hydrogen) atoms. The van der Waals surface area contributed by atoms with E-state index in [-0.39, 0.29) is 11.7 Å². The summed E-state index contributed by atoms with van der Waals surface area (Å²) in [6, 6.07) is 7.74. The zero-order valence-corrected chi connectivity index (χ0v) is 11.8. The first-order valence-electron chi connectivity index (χ1n) is 6.88. The normalized spacial score (nSPS) is 15.2. The minimum Gasteiger partial charge on any atom is -0.461 e. The summed E-state index contributed by atoms with van der Waals surface area (Å²) >= 11 is 0. The molecule has 3 rings (SSSR count). The highest BCUT2D eigenvalue weighted by molar-refractivity contribution is 5.96. The van der Waals surface area contributed by atoms with E-state index in [4.69, 9.17) is 9.15 Å². The molecule has 1 aromatic heterocycles. The summed E-state index contributed by atoms with van der Waals surface area (Å²) in [5, 5.41) is 0. The second-order valence-electron chi connectivity index (χ2n) is 4.99. The summed E-state index contributed by atoms with van der Waals surface area (Å²) in [6.07, 6.45) is 0. The van der Waals surface area contributed by atoms with Crippen LogP contribution >= 0.6 is 0 Å². The number of amides is 1. The highest BCUT2D eigenvalue weighted by Crippen LogP contribution is 2.26. The van der Waals surface area contributed by atoms with Gasteiger partial charge in [0.25, 0.3) is 5.91 Å². The lowest BCUT2D eigenvalue weighted by atomic mass is 10.1. The maximum absolute atomic E-state index is 13.0. The Labute approximate surface area is 122 Å². The Morgan fingerprint density at radius 3 is 2.52 bits per heavy atom. The molecule has 1 aliphatic rings. The van der Waals surface area contributed by atoms with Gasteiger partial charge in [-0.15, -0.1) is 0 Å². The number of furan rings is 1. The molecule has 0 aliphatic carbocycles. The van der Waals surface area contributed by atoms with Gasteiger partial charge in [0.1, 0.15) is 17.3 Å². The maximum Gasteiger partial charge on any atom is 0.257 e. The van der Waals surface area contributed by atoms with Crippen LogP contribution in [0.1, 0.15) is 16.1 Å². The first-order chi connectivity index (χ1) is 10.1. The number of morpholine rings is 1. The first kappa shape index (κ1) is 13.8. The molecule has 1 aliphatic heterocycles. The van der Waals surface area contributed by atoms with Gasteiger partial charge < -0.3 is 14.1 Å². The number of benzene rings is 1. The van der Waals surface area contributed by atoms with Crippen molar-refractivity contribution in [1.82, 2.24) is 4.90 Å². The molecule has 1 amide bonds. The fourth-order valence-electron chi connectivity index (χ4n) is 2.39. The van der Waals surface area contributed by atoms with E-state index in [0.29, 0.717) is 43.4 Å². The Bertz CT molecular complexity index is 642. The van der Waals surface area contributed by atoms with Crippen molar-refractivity contribution < 1.29 is 18.3 Å². The van der Waals surface area contributed by atoms with E-state index < -0.39 is 0 Å². The highest BCUT2D eigenvalue weighted by atomic mass is 19.1. The molecule has 1 fully saturated rings. The van der Waals surface area contributed by atoms with E-state index >= 15 is 0 Å². The lowest BCUT2D eigenvalue weighted by molar-refractivity contribution is 0.0301.